The first kappa shape index (κ1) is 11.3. The third-order valence-corrected chi connectivity index (χ3v) is 2.87. The molecule has 88 valence electrons. The second kappa shape index (κ2) is 5.25. The molecule has 1 fully saturated rings. The van der Waals surface area contributed by atoms with E-state index in [1.807, 2.05) is 12.4 Å². The summed E-state index contributed by atoms with van der Waals surface area (Å²) in [5.41, 5.74) is 1.01. The van der Waals surface area contributed by atoms with E-state index in [1.54, 1.807) is 0 Å². The van der Waals surface area contributed by atoms with Gasteiger partial charge < -0.3 is 10.2 Å². The van der Waals surface area contributed by atoms with Crippen LogP contribution in [-0.4, -0.2) is 30.1 Å². The molecule has 1 aliphatic rings. The number of anilines is 1. The largest absolute Gasteiger partial charge is 0.358 e. The van der Waals surface area contributed by atoms with Crippen LogP contribution in [0.25, 0.3) is 0 Å². The number of rotatable bonds is 6. The van der Waals surface area contributed by atoms with Crippen molar-refractivity contribution in [2.75, 3.05) is 25.0 Å². The Kier molecular flexibility index (Phi) is 3.72. The predicted molar refractivity (Wildman–Crippen MR) is 65.4 cm³/mol. The zero-order chi connectivity index (χ0) is 11.4. The molecule has 1 N–H and O–H groups in total. The van der Waals surface area contributed by atoms with Gasteiger partial charge in [-0.2, -0.15) is 0 Å². The number of nitrogens with zero attached hydrogens (tertiary/aromatic N) is 3. The first-order valence-corrected chi connectivity index (χ1v) is 6.02. The van der Waals surface area contributed by atoms with Crippen molar-refractivity contribution < 1.29 is 0 Å². The van der Waals surface area contributed by atoms with Gasteiger partial charge in [0.15, 0.2) is 0 Å². The van der Waals surface area contributed by atoms with E-state index in [9.17, 15) is 0 Å². The van der Waals surface area contributed by atoms with E-state index < -0.39 is 0 Å². The summed E-state index contributed by atoms with van der Waals surface area (Å²) in [5, 5.41) is 3.24. The molecule has 0 radical (unpaired) electrons. The molecule has 0 atom stereocenters. The molecule has 1 heterocycles. The predicted octanol–water partition coefficient (Wildman–Crippen LogP) is 1.43. The van der Waals surface area contributed by atoms with Gasteiger partial charge in [0.05, 0.1) is 18.1 Å². The van der Waals surface area contributed by atoms with E-state index in [1.165, 1.54) is 12.8 Å². The lowest BCUT2D eigenvalue weighted by molar-refractivity contribution is 0.704. The second-order valence-electron chi connectivity index (χ2n) is 4.47. The van der Waals surface area contributed by atoms with E-state index in [0.29, 0.717) is 0 Å². The fourth-order valence-electron chi connectivity index (χ4n) is 1.67. The Morgan fingerprint density at radius 1 is 1.38 bits per heavy atom. The minimum Gasteiger partial charge on any atom is -0.358 e. The van der Waals surface area contributed by atoms with Crippen molar-refractivity contribution in [3.63, 3.8) is 0 Å². The van der Waals surface area contributed by atoms with E-state index in [-0.39, 0.29) is 0 Å². The summed E-state index contributed by atoms with van der Waals surface area (Å²) in [6, 6.07) is 0. The maximum absolute atomic E-state index is 4.44. The Balaban J connectivity index is 1.89. The molecule has 16 heavy (non-hydrogen) atoms. The van der Waals surface area contributed by atoms with Gasteiger partial charge in [-0.05, 0) is 25.3 Å². The number of aromatic nitrogens is 2. The molecular formula is C12H20N4. The topological polar surface area (TPSA) is 41.1 Å². The van der Waals surface area contributed by atoms with Crippen LogP contribution in [0.5, 0.6) is 0 Å². The normalized spacial score (nSPS) is 15.1. The van der Waals surface area contributed by atoms with Gasteiger partial charge >= 0.3 is 0 Å². The zero-order valence-corrected chi connectivity index (χ0v) is 10.1. The Morgan fingerprint density at radius 2 is 2.19 bits per heavy atom. The van der Waals surface area contributed by atoms with E-state index >= 15 is 0 Å². The molecule has 0 aliphatic heterocycles. The van der Waals surface area contributed by atoms with Gasteiger partial charge in [-0.25, -0.2) is 4.98 Å². The van der Waals surface area contributed by atoms with Gasteiger partial charge in [-0.3, -0.25) is 4.98 Å². The molecule has 0 aromatic carbocycles. The summed E-state index contributed by atoms with van der Waals surface area (Å²) < 4.78 is 0. The van der Waals surface area contributed by atoms with Crippen molar-refractivity contribution in [3.8, 4) is 0 Å². The maximum atomic E-state index is 4.44. The highest BCUT2D eigenvalue weighted by molar-refractivity contribution is 5.34. The summed E-state index contributed by atoms with van der Waals surface area (Å²) in [7, 11) is 2.09. The quantitative estimate of drug-likeness (QED) is 0.787. The smallest absolute Gasteiger partial charge is 0.146 e. The van der Waals surface area contributed by atoms with Crippen molar-refractivity contribution in [2.45, 2.75) is 26.3 Å². The number of nitrogens with one attached hydrogen (secondary N) is 1. The molecule has 0 spiro atoms. The SMILES string of the molecule is CCNCc1cnc(N(C)CC2CC2)cn1. The lowest BCUT2D eigenvalue weighted by Crippen LogP contribution is -2.21. The molecule has 0 bridgehead atoms. The third kappa shape index (κ3) is 3.17. The molecule has 1 aliphatic carbocycles. The standard InChI is InChI=1S/C12H20N4/c1-3-13-6-11-7-15-12(8-14-11)16(2)9-10-4-5-10/h7-8,10,13H,3-6,9H2,1-2H3. The molecule has 1 saturated carbocycles. The van der Waals surface area contributed by atoms with Crippen LogP contribution in [0.2, 0.25) is 0 Å². The molecule has 1 aromatic heterocycles. The summed E-state index contributed by atoms with van der Waals surface area (Å²) in [6.07, 6.45) is 6.48. The highest BCUT2D eigenvalue weighted by Gasteiger charge is 2.23. The van der Waals surface area contributed by atoms with Gasteiger partial charge in [-0.15, -0.1) is 0 Å². The van der Waals surface area contributed by atoms with Gasteiger partial charge in [-0.1, -0.05) is 6.92 Å². The number of hydrogen-bond donors (Lipinski definition) is 1. The second-order valence-corrected chi connectivity index (χ2v) is 4.47. The summed E-state index contributed by atoms with van der Waals surface area (Å²) >= 11 is 0. The lowest BCUT2D eigenvalue weighted by Gasteiger charge is -2.17. The van der Waals surface area contributed by atoms with Crippen LogP contribution in [-0.2, 0) is 6.54 Å². The first-order valence-electron chi connectivity index (χ1n) is 6.02. The molecule has 0 saturated heterocycles. The van der Waals surface area contributed by atoms with Crippen molar-refractivity contribution >= 4 is 5.82 Å². The van der Waals surface area contributed by atoms with Crippen molar-refractivity contribution in [1.29, 1.82) is 0 Å². The van der Waals surface area contributed by atoms with Gasteiger partial charge in [0, 0.05) is 20.1 Å². The van der Waals surface area contributed by atoms with Crippen LogP contribution in [0.3, 0.4) is 0 Å². The fraction of sp³-hybridized carbons (Fsp3) is 0.667. The lowest BCUT2D eigenvalue weighted by atomic mass is 10.4. The Labute approximate surface area is 97.1 Å². The molecule has 0 unspecified atom stereocenters. The molecule has 4 heteroatoms. The molecular weight excluding hydrogens is 200 g/mol. The minimum absolute atomic E-state index is 0.802. The highest BCUT2D eigenvalue weighted by atomic mass is 15.2. The fourth-order valence-corrected chi connectivity index (χ4v) is 1.67. The number of hydrogen-bond acceptors (Lipinski definition) is 4. The monoisotopic (exact) mass is 220 g/mol. The van der Waals surface area contributed by atoms with Crippen molar-refractivity contribution in [3.05, 3.63) is 18.1 Å². The average molecular weight is 220 g/mol. The van der Waals surface area contributed by atoms with E-state index in [0.717, 1.165) is 37.1 Å². The van der Waals surface area contributed by atoms with E-state index in [4.69, 9.17) is 0 Å². The summed E-state index contributed by atoms with van der Waals surface area (Å²) in [6.45, 7) is 4.97. The van der Waals surface area contributed by atoms with Crippen LogP contribution in [0.15, 0.2) is 12.4 Å². The highest BCUT2D eigenvalue weighted by Crippen LogP contribution is 2.30. The van der Waals surface area contributed by atoms with Gasteiger partial charge in [0.25, 0.3) is 0 Å². The van der Waals surface area contributed by atoms with Crippen LogP contribution < -0.4 is 10.2 Å². The molecule has 4 nitrogen and oxygen atoms in total. The summed E-state index contributed by atoms with van der Waals surface area (Å²) in [5.74, 6) is 1.86. The maximum Gasteiger partial charge on any atom is 0.146 e. The summed E-state index contributed by atoms with van der Waals surface area (Å²) in [4.78, 5) is 11.0. The molecule has 2 rings (SSSR count). The van der Waals surface area contributed by atoms with Crippen molar-refractivity contribution in [1.82, 2.24) is 15.3 Å². The Bertz CT molecular complexity index is 318. The average Bonchev–Trinajstić information content (AvgIpc) is 3.11. The Hall–Kier alpha value is -1.16. The van der Waals surface area contributed by atoms with E-state index in [2.05, 4.69) is 34.2 Å². The van der Waals surface area contributed by atoms with Crippen molar-refractivity contribution in [2.24, 2.45) is 5.92 Å². The van der Waals surface area contributed by atoms with Crippen LogP contribution in [0, 0.1) is 5.92 Å². The van der Waals surface area contributed by atoms with Crippen LogP contribution >= 0.6 is 0 Å². The van der Waals surface area contributed by atoms with Crippen LogP contribution in [0.4, 0.5) is 5.82 Å². The first-order chi connectivity index (χ1) is 7.79. The molecule has 1 aromatic rings. The van der Waals surface area contributed by atoms with Gasteiger partial charge in [0.1, 0.15) is 5.82 Å². The third-order valence-electron chi connectivity index (χ3n) is 2.87. The zero-order valence-electron chi connectivity index (χ0n) is 10.1. The molecule has 0 amide bonds. The minimum atomic E-state index is 0.802. The Morgan fingerprint density at radius 3 is 2.75 bits per heavy atom. The van der Waals surface area contributed by atoms with Gasteiger partial charge in [0.2, 0.25) is 0 Å². The van der Waals surface area contributed by atoms with Crippen LogP contribution in [0.1, 0.15) is 25.5 Å².